The third-order valence-corrected chi connectivity index (χ3v) is 5.07. The predicted molar refractivity (Wildman–Crippen MR) is 89.1 cm³/mol. The molecule has 0 bridgehead atoms. The zero-order valence-corrected chi connectivity index (χ0v) is 14.6. The summed E-state index contributed by atoms with van der Waals surface area (Å²) in [6.45, 7) is 3.04. The molecule has 2 heterocycles. The molecule has 0 aliphatic carbocycles. The first-order valence-electron chi connectivity index (χ1n) is 8.30. The molecule has 6 heteroatoms. The van der Waals surface area contributed by atoms with Gasteiger partial charge in [0.15, 0.2) is 11.5 Å². The molecule has 1 aromatic rings. The van der Waals surface area contributed by atoms with Crippen molar-refractivity contribution in [2.45, 2.75) is 19.3 Å². The highest BCUT2D eigenvalue weighted by Gasteiger charge is 2.41. The first-order chi connectivity index (χ1) is 11.6. The summed E-state index contributed by atoms with van der Waals surface area (Å²) in [5.41, 5.74) is 0.628. The van der Waals surface area contributed by atoms with Crippen molar-refractivity contribution in [3.8, 4) is 17.2 Å². The SMILES string of the molecule is COc1ccc(C(=O)N2CCC[C@]3(CCOC3)C2)c(OC)c1OC. The second-order valence-corrected chi connectivity index (χ2v) is 6.51. The number of likely N-dealkylation sites (tertiary alicyclic amines) is 1. The van der Waals surface area contributed by atoms with Gasteiger partial charge >= 0.3 is 0 Å². The summed E-state index contributed by atoms with van der Waals surface area (Å²) in [7, 11) is 4.64. The Balaban J connectivity index is 1.89. The lowest BCUT2D eigenvalue weighted by Crippen LogP contribution is -2.46. The molecule has 24 heavy (non-hydrogen) atoms. The topological polar surface area (TPSA) is 57.2 Å². The molecule has 1 amide bonds. The molecule has 132 valence electrons. The van der Waals surface area contributed by atoms with Gasteiger partial charge in [0.1, 0.15) is 0 Å². The van der Waals surface area contributed by atoms with Crippen molar-refractivity contribution in [1.82, 2.24) is 4.90 Å². The fourth-order valence-corrected chi connectivity index (χ4v) is 3.79. The van der Waals surface area contributed by atoms with E-state index in [1.807, 2.05) is 4.90 Å². The Morgan fingerprint density at radius 1 is 1.12 bits per heavy atom. The summed E-state index contributed by atoms with van der Waals surface area (Å²) in [6.07, 6.45) is 3.16. The highest BCUT2D eigenvalue weighted by Crippen LogP contribution is 2.42. The molecule has 0 unspecified atom stereocenters. The molecule has 2 saturated heterocycles. The van der Waals surface area contributed by atoms with Gasteiger partial charge in [-0.3, -0.25) is 4.79 Å². The lowest BCUT2D eigenvalue weighted by molar-refractivity contribution is 0.0459. The standard InChI is InChI=1S/C18H25NO5/c1-21-14-6-5-13(15(22-2)16(14)23-3)17(20)19-9-4-7-18(11-19)8-10-24-12-18/h5-6H,4,7-12H2,1-3H3/t18-/m0/s1. The number of ether oxygens (including phenoxy) is 4. The van der Waals surface area contributed by atoms with Crippen molar-refractivity contribution < 1.29 is 23.7 Å². The third-order valence-electron chi connectivity index (χ3n) is 5.07. The highest BCUT2D eigenvalue weighted by molar-refractivity contribution is 5.98. The Bertz CT molecular complexity index is 610. The first kappa shape index (κ1) is 16.9. The monoisotopic (exact) mass is 335 g/mol. The predicted octanol–water partition coefficient (Wildman–Crippen LogP) is 2.36. The van der Waals surface area contributed by atoms with Crippen LogP contribution in [0.15, 0.2) is 12.1 Å². The zero-order chi connectivity index (χ0) is 17.2. The molecule has 0 N–H and O–H groups in total. The minimum Gasteiger partial charge on any atom is -0.493 e. The second-order valence-electron chi connectivity index (χ2n) is 6.51. The lowest BCUT2D eigenvalue weighted by atomic mass is 9.79. The average molecular weight is 335 g/mol. The van der Waals surface area contributed by atoms with Crippen LogP contribution >= 0.6 is 0 Å². The van der Waals surface area contributed by atoms with Crippen LogP contribution < -0.4 is 14.2 Å². The number of carbonyl (C=O) groups excluding carboxylic acids is 1. The van der Waals surface area contributed by atoms with Gasteiger partial charge in [-0.05, 0) is 31.4 Å². The number of piperidine rings is 1. The number of carbonyl (C=O) groups is 1. The van der Waals surface area contributed by atoms with Gasteiger partial charge in [-0.25, -0.2) is 0 Å². The Hall–Kier alpha value is -1.95. The molecule has 0 radical (unpaired) electrons. The number of rotatable bonds is 4. The number of hydrogen-bond acceptors (Lipinski definition) is 5. The van der Waals surface area contributed by atoms with Crippen LogP contribution in [-0.2, 0) is 4.74 Å². The number of nitrogens with zero attached hydrogens (tertiary/aromatic N) is 1. The van der Waals surface area contributed by atoms with Crippen LogP contribution in [0.2, 0.25) is 0 Å². The molecule has 2 fully saturated rings. The maximum absolute atomic E-state index is 13.1. The Labute approximate surface area is 142 Å². The van der Waals surface area contributed by atoms with E-state index in [0.29, 0.717) is 22.8 Å². The van der Waals surface area contributed by atoms with Crippen molar-refractivity contribution in [2.75, 3.05) is 47.6 Å². The molecular weight excluding hydrogens is 310 g/mol. The van der Waals surface area contributed by atoms with Crippen molar-refractivity contribution in [3.63, 3.8) is 0 Å². The van der Waals surface area contributed by atoms with E-state index >= 15 is 0 Å². The zero-order valence-electron chi connectivity index (χ0n) is 14.6. The van der Waals surface area contributed by atoms with Crippen LogP contribution in [0.25, 0.3) is 0 Å². The largest absolute Gasteiger partial charge is 0.493 e. The molecule has 2 aliphatic rings. The van der Waals surface area contributed by atoms with Crippen molar-refractivity contribution in [3.05, 3.63) is 17.7 Å². The van der Waals surface area contributed by atoms with Gasteiger partial charge in [0.25, 0.3) is 5.91 Å². The van der Waals surface area contributed by atoms with Gasteiger partial charge < -0.3 is 23.8 Å². The highest BCUT2D eigenvalue weighted by atomic mass is 16.5. The molecular formula is C18H25NO5. The molecule has 1 spiro atoms. The van der Waals surface area contributed by atoms with E-state index in [9.17, 15) is 4.79 Å². The quantitative estimate of drug-likeness (QED) is 0.845. The van der Waals surface area contributed by atoms with Gasteiger partial charge in [0, 0.05) is 25.1 Å². The summed E-state index contributed by atoms with van der Waals surface area (Å²) in [5.74, 6) is 1.38. The van der Waals surface area contributed by atoms with Gasteiger partial charge in [-0.2, -0.15) is 0 Å². The summed E-state index contributed by atoms with van der Waals surface area (Å²) < 4.78 is 21.7. The maximum atomic E-state index is 13.1. The van der Waals surface area contributed by atoms with Gasteiger partial charge in [0.05, 0.1) is 33.5 Å². The van der Waals surface area contributed by atoms with Gasteiger partial charge in [0.2, 0.25) is 5.75 Å². The average Bonchev–Trinajstić information content (AvgIpc) is 3.07. The lowest BCUT2D eigenvalue weighted by Gasteiger charge is -2.39. The van der Waals surface area contributed by atoms with E-state index in [1.54, 1.807) is 26.4 Å². The van der Waals surface area contributed by atoms with Gasteiger partial charge in [-0.15, -0.1) is 0 Å². The second kappa shape index (κ2) is 6.89. The van der Waals surface area contributed by atoms with Crippen molar-refractivity contribution in [2.24, 2.45) is 5.41 Å². The van der Waals surface area contributed by atoms with Crippen LogP contribution in [0.1, 0.15) is 29.6 Å². The molecule has 0 saturated carbocycles. The molecule has 1 aromatic carbocycles. The van der Waals surface area contributed by atoms with E-state index < -0.39 is 0 Å². The maximum Gasteiger partial charge on any atom is 0.257 e. The van der Waals surface area contributed by atoms with Crippen LogP contribution in [0, 0.1) is 5.41 Å². The minimum atomic E-state index is -0.0289. The summed E-state index contributed by atoms with van der Waals surface area (Å²) in [5, 5.41) is 0. The Kier molecular flexibility index (Phi) is 4.85. The number of methoxy groups -OCH3 is 3. The van der Waals surface area contributed by atoms with Crippen LogP contribution in [0.5, 0.6) is 17.2 Å². The first-order valence-corrected chi connectivity index (χ1v) is 8.30. The Morgan fingerprint density at radius 2 is 1.92 bits per heavy atom. The van der Waals surface area contributed by atoms with Crippen molar-refractivity contribution >= 4 is 5.91 Å². The fourth-order valence-electron chi connectivity index (χ4n) is 3.79. The fraction of sp³-hybridized carbons (Fsp3) is 0.611. The molecule has 2 aliphatic heterocycles. The molecule has 1 atom stereocenters. The van der Waals surface area contributed by atoms with Crippen LogP contribution in [0.4, 0.5) is 0 Å². The number of benzene rings is 1. The third kappa shape index (κ3) is 2.90. The molecule has 3 rings (SSSR count). The van der Waals surface area contributed by atoms with E-state index in [1.165, 1.54) is 7.11 Å². The van der Waals surface area contributed by atoms with Crippen LogP contribution in [0.3, 0.4) is 0 Å². The van der Waals surface area contributed by atoms with Gasteiger partial charge in [-0.1, -0.05) is 0 Å². The molecule has 0 aromatic heterocycles. The number of hydrogen-bond donors (Lipinski definition) is 0. The Morgan fingerprint density at radius 3 is 2.54 bits per heavy atom. The summed E-state index contributed by atoms with van der Waals surface area (Å²) >= 11 is 0. The van der Waals surface area contributed by atoms with Crippen LogP contribution in [-0.4, -0.2) is 58.4 Å². The van der Waals surface area contributed by atoms with E-state index in [-0.39, 0.29) is 11.3 Å². The van der Waals surface area contributed by atoms with Crippen molar-refractivity contribution in [1.29, 1.82) is 0 Å². The number of amides is 1. The summed E-state index contributed by atoms with van der Waals surface area (Å²) in [4.78, 5) is 15.0. The smallest absolute Gasteiger partial charge is 0.257 e. The normalized spacial score (nSPS) is 23.4. The minimum absolute atomic E-state index is 0.0289. The van der Waals surface area contributed by atoms with E-state index in [2.05, 4.69) is 0 Å². The van der Waals surface area contributed by atoms with E-state index in [4.69, 9.17) is 18.9 Å². The molecule has 6 nitrogen and oxygen atoms in total. The van der Waals surface area contributed by atoms with E-state index in [0.717, 1.165) is 45.6 Å². The summed E-state index contributed by atoms with van der Waals surface area (Å²) in [6, 6.07) is 3.49.